The van der Waals surface area contributed by atoms with Crippen LogP contribution in [-0.2, 0) is 14.2 Å². The average molecular weight is 888 g/mol. The smallest absolute Gasteiger partial charge is 0.425 e. The van der Waals surface area contributed by atoms with Crippen molar-refractivity contribution in [2.75, 3.05) is 12.4 Å². The summed E-state index contributed by atoms with van der Waals surface area (Å²) >= 11 is 3.20. The minimum Gasteiger partial charge on any atom is -0.454 e. The molecule has 316 valence electrons. The second-order valence-corrected chi connectivity index (χ2v) is 16.8. The fourth-order valence-corrected chi connectivity index (χ4v) is 5.72. The molecule has 0 fully saturated rings. The monoisotopic (exact) mass is 886 g/mol. The number of anilines is 1. The number of imide groups is 1. The highest BCUT2D eigenvalue weighted by Gasteiger charge is 2.38. The minimum atomic E-state index is -3.20. The summed E-state index contributed by atoms with van der Waals surface area (Å²) in [6.45, 7) is 12.7. The van der Waals surface area contributed by atoms with Gasteiger partial charge in [0, 0.05) is 24.3 Å². The van der Waals surface area contributed by atoms with E-state index in [1.165, 1.54) is 55.6 Å². The van der Waals surface area contributed by atoms with Crippen molar-refractivity contribution in [3.05, 3.63) is 93.6 Å². The van der Waals surface area contributed by atoms with Gasteiger partial charge in [0.1, 0.15) is 39.8 Å². The summed E-state index contributed by atoms with van der Waals surface area (Å²) < 4.78 is 69.5. The molecule has 0 saturated heterocycles. The van der Waals surface area contributed by atoms with E-state index >= 15 is 4.79 Å². The summed E-state index contributed by atoms with van der Waals surface area (Å²) in [5.41, 5.74) is -3.54. The van der Waals surface area contributed by atoms with E-state index in [0.29, 0.717) is 10.5 Å². The zero-order chi connectivity index (χ0) is 44.2. The number of allylic oxidation sites excluding steroid dienone is 1. The molecule has 0 saturated carbocycles. The van der Waals surface area contributed by atoms with Gasteiger partial charge in [0.05, 0.1) is 15.6 Å². The third-order valence-electron chi connectivity index (χ3n) is 7.53. The SMILES string of the molecule is CN=C/C(C(=O)c1cc2cc(OC(F)F)c(Br)cc2n1C(=O)OC(C)(C)C)=C(\Nc1ccc(Oc2ccccc2F)cc1C)N(C(=O)OC(C)(C)C)C(=O)OC(C)(C)C. The first-order valence-electron chi connectivity index (χ1n) is 18.1. The van der Waals surface area contributed by atoms with Crippen LogP contribution in [0.3, 0.4) is 0 Å². The van der Waals surface area contributed by atoms with E-state index in [4.69, 9.17) is 18.9 Å². The molecule has 0 radical (unpaired) electrons. The molecule has 17 heteroatoms. The fourth-order valence-electron chi connectivity index (χ4n) is 5.30. The molecular weight excluding hydrogens is 841 g/mol. The number of alkyl halides is 2. The summed E-state index contributed by atoms with van der Waals surface area (Å²) in [7, 11) is 1.32. The maximum absolute atomic E-state index is 15.1. The van der Waals surface area contributed by atoms with Crippen LogP contribution in [0.5, 0.6) is 17.2 Å². The Bertz CT molecular complexity index is 2290. The van der Waals surface area contributed by atoms with Crippen molar-refractivity contribution in [3.8, 4) is 17.2 Å². The summed E-state index contributed by atoms with van der Waals surface area (Å²) in [5, 5.41) is 3.11. The van der Waals surface area contributed by atoms with Crippen LogP contribution in [0.15, 0.2) is 81.5 Å². The van der Waals surface area contributed by atoms with Crippen LogP contribution in [0.25, 0.3) is 10.9 Å². The molecule has 13 nitrogen and oxygen atoms in total. The van der Waals surface area contributed by atoms with Crippen LogP contribution in [0.1, 0.15) is 78.4 Å². The Morgan fingerprint density at radius 1 is 0.831 bits per heavy atom. The van der Waals surface area contributed by atoms with Crippen molar-refractivity contribution >= 4 is 62.8 Å². The van der Waals surface area contributed by atoms with Gasteiger partial charge in [-0.15, -0.1) is 0 Å². The van der Waals surface area contributed by atoms with E-state index in [2.05, 4.69) is 31.0 Å². The molecule has 0 aliphatic carbocycles. The predicted molar refractivity (Wildman–Crippen MR) is 219 cm³/mol. The lowest BCUT2D eigenvalue weighted by Gasteiger charge is -2.31. The van der Waals surface area contributed by atoms with Gasteiger partial charge >= 0.3 is 24.9 Å². The molecular formula is C42H46BrF3N4O9. The number of carbonyl (C=O) groups excluding carboxylic acids is 4. The Morgan fingerprint density at radius 2 is 1.42 bits per heavy atom. The highest BCUT2D eigenvalue weighted by atomic mass is 79.9. The van der Waals surface area contributed by atoms with Gasteiger partial charge in [0.2, 0.25) is 5.78 Å². The van der Waals surface area contributed by atoms with Crippen LogP contribution in [-0.4, -0.2) is 70.2 Å². The molecule has 3 aromatic carbocycles. The van der Waals surface area contributed by atoms with E-state index in [-0.39, 0.29) is 44.0 Å². The number of aliphatic imine (C=N–C) groups is 1. The molecule has 4 rings (SSSR count). The number of aromatic nitrogens is 1. The maximum atomic E-state index is 15.1. The fraction of sp³-hybridized carbons (Fsp3) is 0.357. The molecule has 4 aromatic rings. The number of nitrogens with zero attached hydrogens (tertiary/aromatic N) is 3. The number of amides is 2. The van der Waals surface area contributed by atoms with Crippen LogP contribution in [0.4, 0.5) is 33.2 Å². The lowest BCUT2D eigenvalue weighted by molar-refractivity contribution is -0.0503. The number of nitrogens with one attached hydrogen (secondary N) is 1. The lowest BCUT2D eigenvalue weighted by Crippen LogP contribution is -2.45. The molecule has 0 aliphatic rings. The van der Waals surface area contributed by atoms with E-state index in [1.54, 1.807) is 81.4 Å². The van der Waals surface area contributed by atoms with Crippen LogP contribution in [0.2, 0.25) is 0 Å². The molecule has 1 heterocycles. The Hall–Kier alpha value is -5.84. The largest absolute Gasteiger partial charge is 0.454 e. The first-order valence-corrected chi connectivity index (χ1v) is 18.9. The van der Waals surface area contributed by atoms with Crippen molar-refractivity contribution in [3.63, 3.8) is 0 Å². The van der Waals surface area contributed by atoms with E-state index in [0.717, 1.165) is 10.8 Å². The number of hydrogen-bond acceptors (Lipinski definition) is 11. The highest BCUT2D eigenvalue weighted by Crippen LogP contribution is 2.36. The number of hydrogen-bond donors (Lipinski definition) is 1. The highest BCUT2D eigenvalue weighted by molar-refractivity contribution is 9.10. The number of rotatable bonds is 10. The Kier molecular flexibility index (Phi) is 14.0. The zero-order valence-electron chi connectivity index (χ0n) is 34.5. The topological polar surface area (TPSA) is 147 Å². The second-order valence-electron chi connectivity index (χ2n) is 16.0. The van der Waals surface area contributed by atoms with Crippen LogP contribution < -0.4 is 14.8 Å². The Labute approximate surface area is 348 Å². The summed E-state index contributed by atoms with van der Waals surface area (Å²) in [5.74, 6) is -2.21. The van der Waals surface area contributed by atoms with E-state index in [1.807, 2.05) is 0 Å². The number of aryl methyl sites for hydroxylation is 1. The molecule has 0 unspecified atom stereocenters. The third kappa shape index (κ3) is 12.1. The second kappa shape index (κ2) is 18.0. The van der Waals surface area contributed by atoms with Gasteiger partial charge in [-0.05, 0) is 139 Å². The first-order chi connectivity index (χ1) is 27.3. The van der Waals surface area contributed by atoms with Crippen molar-refractivity contribution in [2.45, 2.75) is 92.7 Å². The Morgan fingerprint density at radius 3 is 1.95 bits per heavy atom. The van der Waals surface area contributed by atoms with Crippen molar-refractivity contribution in [1.29, 1.82) is 0 Å². The molecule has 0 aliphatic heterocycles. The molecule has 0 bridgehead atoms. The molecule has 1 N–H and O–H groups in total. The van der Waals surface area contributed by atoms with Gasteiger partial charge in [0.15, 0.2) is 11.6 Å². The molecule has 2 amide bonds. The Balaban J connectivity index is 2.07. The molecule has 0 spiro atoms. The quantitative estimate of drug-likeness (QED) is 0.0706. The van der Waals surface area contributed by atoms with Crippen LogP contribution >= 0.6 is 15.9 Å². The standard InChI is InChI=1S/C42H46BrF3N4O9/c1-23-18-25(55-32-15-13-12-14-28(32)44)16-17-29(23)48-35(50(38(53)58-41(5,6)7)39(54)59-42(8,9)10)26(22-47-11)34(51)31-19-24-20-33(56-36(45)46)27(43)21-30(24)49(31)37(52)57-40(2,3)4/h12-22,36,48H,1-11H3/b35-26-,47-22?. The van der Waals surface area contributed by atoms with Gasteiger partial charge in [-0.25, -0.2) is 23.3 Å². The van der Waals surface area contributed by atoms with Crippen molar-refractivity contribution < 1.29 is 56.0 Å². The van der Waals surface area contributed by atoms with Crippen LogP contribution in [0, 0.1) is 12.7 Å². The minimum absolute atomic E-state index is 0.0272. The van der Waals surface area contributed by atoms with Gasteiger partial charge in [-0.1, -0.05) is 12.1 Å². The van der Waals surface area contributed by atoms with Gasteiger partial charge < -0.3 is 29.0 Å². The number of benzene rings is 3. The summed E-state index contributed by atoms with van der Waals surface area (Å²) in [4.78, 5) is 61.9. The van der Waals surface area contributed by atoms with Gasteiger partial charge in [-0.3, -0.25) is 9.79 Å². The number of halogens is 4. The average Bonchev–Trinajstić information content (AvgIpc) is 3.44. The number of ketones is 1. The third-order valence-corrected chi connectivity index (χ3v) is 8.15. The summed E-state index contributed by atoms with van der Waals surface area (Å²) in [6.07, 6.45) is -2.49. The van der Waals surface area contributed by atoms with E-state index < -0.39 is 64.7 Å². The molecule has 0 atom stereocenters. The first kappa shape index (κ1) is 45.9. The number of ether oxygens (including phenoxy) is 5. The lowest BCUT2D eigenvalue weighted by atomic mass is 10.1. The molecule has 1 aromatic heterocycles. The van der Waals surface area contributed by atoms with E-state index in [9.17, 15) is 27.6 Å². The van der Waals surface area contributed by atoms with Crippen molar-refractivity contribution in [1.82, 2.24) is 9.47 Å². The van der Waals surface area contributed by atoms with Gasteiger partial charge in [0.25, 0.3) is 0 Å². The zero-order valence-corrected chi connectivity index (χ0v) is 36.0. The number of Topliss-reactive ketones (excluding diaryl/α,β-unsaturated/α-hetero) is 1. The number of para-hydroxylation sites is 1. The predicted octanol–water partition coefficient (Wildman–Crippen LogP) is 11.4. The normalized spacial score (nSPS) is 12.6. The van der Waals surface area contributed by atoms with Gasteiger partial charge in [-0.2, -0.15) is 13.7 Å². The summed E-state index contributed by atoms with van der Waals surface area (Å²) in [6, 6.07) is 14.1. The number of fused-ring (bicyclic) bond motifs is 1. The maximum Gasteiger partial charge on any atom is 0.425 e. The van der Waals surface area contributed by atoms with Crippen molar-refractivity contribution in [2.24, 2.45) is 4.99 Å². The molecule has 59 heavy (non-hydrogen) atoms. The number of carbonyl (C=O) groups is 4.